The Kier molecular flexibility index (Phi) is 7.84. The number of carbonyl (C=O) groups is 3. The number of benzene rings is 2. The second kappa shape index (κ2) is 11.2. The smallest absolute Gasteiger partial charge is 0.304 e. The van der Waals surface area contributed by atoms with Crippen molar-refractivity contribution < 1.29 is 24.6 Å². The summed E-state index contributed by atoms with van der Waals surface area (Å²) in [5.74, 6) is 5.03. The third-order valence-electron chi connectivity index (χ3n) is 6.79. The molecule has 2 N–H and O–H groups in total. The molecule has 35 heavy (non-hydrogen) atoms. The number of amides is 1. The van der Waals surface area contributed by atoms with Gasteiger partial charge in [-0.1, -0.05) is 42.5 Å². The average Bonchev–Trinajstić information content (AvgIpc) is 2.78. The Bertz CT molecular complexity index is 1160. The minimum absolute atomic E-state index is 0.0915. The number of carboxylic acid groups (broad SMARTS) is 2. The van der Waals surface area contributed by atoms with Gasteiger partial charge in [0.15, 0.2) is 0 Å². The van der Waals surface area contributed by atoms with E-state index in [-0.39, 0.29) is 38.3 Å². The molecule has 0 atom stereocenters. The molecule has 1 aliphatic carbocycles. The first-order chi connectivity index (χ1) is 16.9. The van der Waals surface area contributed by atoms with Gasteiger partial charge in [0.1, 0.15) is 0 Å². The summed E-state index contributed by atoms with van der Waals surface area (Å²) in [7, 11) is 0. The van der Waals surface area contributed by atoms with Crippen LogP contribution in [0.15, 0.2) is 42.5 Å². The third-order valence-corrected chi connectivity index (χ3v) is 6.79. The van der Waals surface area contributed by atoms with Gasteiger partial charge in [0.2, 0.25) is 5.91 Å². The van der Waals surface area contributed by atoms with Gasteiger partial charge >= 0.3 is 11.9 Å². The maximum Gasteiger partial charge on any atom is 0.304 e. The number of nitrogens with zero attached hydrogens (tertiary/aromatic N) is 2. The van der Waals surface area contributed by atoms with Gasteiger partial charge in [0.25, 0.3) is 0 Å². The van der Waals surface area contributed by atoms with Crippen molar-refractivity contribution in [2.75, 3.05) is 24.5 Å². The van der Waals surface area contributed by atoms with Crippen molar-refractivity contribution >= 4 is 23.5 Å². The van der Waals surface area contributed by atoms with Crippen molar-refractivity contribution in [1.82, 2.24) is 4.90 Å². The molecule has 2 aliphatic rings. The Hall–Kier alpha value is -3.63. The Morgan fingerprint density at radius 3 is 2.20 bits per heavy atom. The van der Waals surface area contributed by atoms with Gasteiger partial charge in [-0.15, -0.1) is 0 Å². The summed E-state index contributed by atoms with van der Waals surface area (Å²) in [6, 6.07) is 14.0. The van der Waals surface area contributed by atoms with E-state index < -0.39 is 11.9 Å². The second-order valence-corrected chi connectivity index (χ2v) is 9.17. The molecule has 2 aromatic carbocycles. The highest BCUT2D eigenvalue weighted by molar-refractivity contribution is 5.95. The van der Waals surface area contributed by atoms with E-state index in [1.165, 1.54) is 12.0 Å². The van der Waals surface area contributed by atoms with Gasteiger partial charge in [0, 0.05) is 37.2 Å². The molecule has 1 amide bonds. The first-order valence-electron chi connectivity index (χ1n) is 12.1. The highest BCUT2D eigenvalue weighted by Gasteiger charge is 2.25. The second-order valence-electron chi connectivity index (χ2n) is 9.17. The minimum Gasteiger partial charge on any atom is -0.481 e. The lowest BCUT2D eigenvalue weighted by Crippen LogP contribution is -2.36. The average molecular weight is 475 g/mol. The molecular weight excluding hydrogens is 444 g/mol. The molecule has 1 saturated carbocycles. The maximum absolute atomic E-state index is 13.6. The number of aliphatic carboxylic acids is 2. The summed E-state index contributed by atoms with van der Waals surface area (Å²) in [4.78, 5) is 39.2. The number of hydrogen-bond donors (Lipinski definition) is 2. The molecule has 0 spiro atoms. The van der Waals surface area contributed by atoms with Crippen LogP contribution in [0.4, 0.5) is 5.69 Å². The van der Waals surface area contributed by atoms with E-state index in [4.69, 9.17) is 10.2 Å². The summed E-state index contributed by atoms with van der Waals surface area (Å²) in [5.41, 5.74) is 4.71. The standard InChI is InChI=1S/C28H30N2O5/c31-26(12-15-29(16-13-27(32)33)17-14-28(34)35)30-19-24-5-2-1-4-21(24)8-9-22-10-11-23(18-25(22)30)20-6-3-7-20/h1-2,4-5,10-11,18,20H,3,6-7,12-17,19H2,(H,32,33)(H,34,35). The third kappa shape index (κ3) is 6.28. The van der Waals surface area contributed by atoms with Crippen LogP contribution in [-0.2, 0) is 20.9 Å². The number of hydrogen-bond acceptors (Lipinski definition) is 4. The molecule has 0 bridgehead atoms. The van der Waals surface area contributed by atoms with Crippen LogP contribution in [0.1, 0.15) is 66.7 Å². The van der Waals surface area contributed by atoms with Crippen molar-refractivity contribution in [3.8, 4) is 11.8 Å². The van der Waals surface area contributed by atoms with Crippen molar-refractivity contribution in [1.29, 1.82) is 0 Å². The van der Waals surface area contributed by atoms with E-state index in [2.05, 4.69) is 24.0 Å². The van der Waals surface area contributed by atoms with Crippen LogP contribution in [0.25, 0.3) is 0 Å². The fourth-order valence-electron chi connectivity index (χ4n) is 4.50. The quantitative estimate of drug-likeness (QED) is 0.508. The first-order valence-corrected chi connectivity index (χ1v) is 12.1. The van der Waals surface area contributed by atoms with Gasteiger partial charge < -0.3 is 20.0 Å². The summed E-state index contributed by atoms with van der Waals surface area (Å²) in [5, 5.41) is 18.1. The molecule has 0 saturated heterocycles. The maximum atomic E-state index is 13.6. The molecule has 1 heterocycles. The summed E-state index contributed by atoms with van der Waals surface area (Å²) in [6.45, 7) is 1.09. The van der Waals surface area contributed by atoms with Gasteiger partial charge in [-0.25, -0.2) is 0 Å². The largest absolute Gasteiger partial charge is 0.481 e. The number of anilines is 1. The fraction of sp³-hybridized carbons (Fsp3) is 0.393. The molecule has 0 unspecified atom stereocenters. The molecule has 182 valence electrons. The lowest BCUT2D eigenvalue weighted by molar-refractivity contribution is -0.137. The van der Waals surface area contributed by atoms with Crippen LogP contribution in [0.2, 0.25) is 0 Å². The van der Waals surface area contributed by atoms with E-state index in [1.807, 2.05) is 30.3 Å². The lowest BCUT2D eigenvalue weighted by atomic mass is 9.79. The first kappa shape index (κ1) is 24.5. The highest BCUT2D eigenvalue weighted by Crippen LogP contribution is 2.39. The molecule has 1 fully saturated rings. The van der Waals surface area contributed by atoms with E-state index in [0.717, 1.165) is 35.2 Å². The molecule has 0 aromatic heterocycles. The van der Waals surface area contributed by atoms with Gasteiger partial charge in [-0.05, 0) is 48.1 Å². The van der Waals surface area contributed by atoms with Crippen LogP contribution in [0.3, 0.4) is 0 Å². The Labute approximate surface area is 205 Å². The number of fused-ring (bicyclic) bond motifs is 2. The predicted molar refractivity (Wildman–Crippen MR) is 132 cm³/mol. The Balaban J connectivity index is 1.59. The topological polar surface area (TPSA) is 98.1 Å². The van der Waals surface area contributed by atoms with E-state index in [1.54, 1.807) is 9.80 Å². The van der Waals surface area contributed by atoms with Gasteiger partial charge in [0.05, 0.1) is 25.1 Å². The van der Waals surface area contributed by atoms with Crippen molar-refractivity contribution in [2.45, 2.75) is 51.0 Å². The zero-order valence-electron chi connectivity index (χ0n) is 19.7. The molecular formula is C28H30N2O5. The number of carbonyl (C=O) groups excluding carboxylic acids is 1. The summed E-state index contributed by atoms with van der Waals surface area (Å²) >= 11 is 0. The number of carboxylic acids is 2. The molecule has 7 nitrogen and oxygen atoms in total. The zero-order valence-corrected chi connectivity index (χ0v) is 19.7. The number of rotatable bonds is 10. The van der Waals surface area contributed by atoms with Crippen LogP contribution in [0.5, 0.6) is 0 Å². The van der Waals surface area contributed by atoms with E-state index in [0.29, 0.717) is 19.0 Å². The van der Waals surface area contributed by atoms with Crippen molar-refractivity contribution in [3.05, 3.63) is 64.7 Å². The molecule has 1 aliphatic heterocycles. The highest BCUT2D eigenvalue weighted by atomic mass is 16.4. The summed E-state index contributed by atoms with van der Waals surface area (Å²) < 4.78 is 0. The summed E-state index contributed by atoms with van der Waals surface area (Å²) in [6.07, 6.45) is 3.48. The van der Waals surface area contributed by atoms with Gasteiger partial charge in [-0.3, -0.25) is 14.4 Å². The van der Waals surface area contributed by atoms with Crippen molar-refractivity contribution in [3.63, 3.8) is 0 Å². The van der Waals surface area contributed by atoms with Crippen LogP contribution in [-0.4, -0.2) is 52.6 Å². The monoisotopic (exact) mass is 474 g/mol. The van der Waals surface area contributed by atoms with Gasteiger partial charge in [-0.2, -0.15) is 0 Å². The SMILES string of the molecule is O=C(O)CCN(CCC(=O)O)CCC(=O)N1Cc2ccccc2C#Cc2ccc(C3CCC3)cc21. The molecule has 2 aromatic rings. The Morgan fingerprint density at radius 2 is 1.54 bits per heavy atom. The molecule has 0 radical (unpaired) electrons. The molecule has 4 rings (SSSR count). The van der Waals surface area contributed by atoms with Crippen LogP contribution in [0, 0.1) is 11.8 Å². The predicted octanol–water partition coefficient (Wildman–Crippen LogP) is 3.84. The zero-order chi connectivity index (χ0) is 24.8. The molecule has 7 heteroatoms. The normalized spacial score (nSPS) is 14.6. The fourth-order valence-corrected chi connectivity index (χ4v) is 4.50. The van der Waals surface area contributed by atoms with Crippen molar-refractivity contribution in [2.24, 2.45) is 0 Å². The van der Waals surface area contributed by atoms with E-state index in [9.17, 15) is 14.4 Å². The van der Waals surface area contributed by atoms with E-state index >= 15 is 0 Å². The van der Waals surface area contributed by atoms with Crippen LogP contribution >= 0.6 is 0 Å². The Morgan fingerprint density at radius 1 is 0.886 bits per heavy atom. The lowest BCUT2D eigenvalue weighted by Gasteiger charge is -2.30. The van der Waals surface area contributed by atoms with Crippen LogP contribution < -0.4 is 4.90 Å². The minimum atomic E-state index is -0.951.